The molecule has 1 amide bonds. The van der Waals surface area contributed by atoms with Gasteiger partial charge in [-0.3, -0.25) is 4.79 Å². The molecule has 0 spiro atoms. The number of benzene rings is 1. The Bertz CT molecular complexity index is 369. The number of carbonyl (C=O) groups is 1. The topological polar surface area (TPSA) is 70.6 Å². The van der Waals surface area contributed by atoms with E-state index in [1.54, 1.807) is 19.2 Å². The SMILES string of the molecule is COCCNC(=O)CCNCc1ccccc1O. The van der Waals surface area contributed by atoms with Crippen LogP contribution >= 0.6 is 0 Å². The number of aromatic hydroxyl groups is 1. The van der Waals surface area contributed by atoms with Gasteiger partial charge in [0.05, 0.1) is 6.61 Å². The van der Waals surface area contributed by atoms with E-state index in [9.17, 15) is 9.90 Å². The van der Waals surface area contributed by atoms with Crippen molar-refractivity contribution >= 4 is 5.91 Å². The van der Waals surface area contributed by atoms with Crippen molar-refractivity contribution in [2.24, 2.45) is 0 Å². The number of carbonyl (C=O) groups excluding carboxylic acids is 1. The number of phenolic OH excluding ortho intramolecular Hbond substituents is 1. The molecule has 0 aliphatic heterocycles. The van der Waals surface area contributed by atoms with E-state index >= 15 is 0 Å². The fourth-order valence-corrected chi connectivity index (χ4v) is 1.47. The molecule has 0 fully saturated rings. The summed E-state index contributed by atoms with van der Waals surface area (Å²) in [4.78, 5) is 11.3. The quantitative estimate of drug-likeness (QED) is 0.594. The number of hydrogen-bond donors (Lipinski definition) is 3. The number of para-hydroxylation sites is 1. The van der Waals surface area contributed by atoms with Crippen LogP contribution in [0.4, 0.5) is 0 Å². The Kier molecular flexibility index (Phi) is 6.83. The van der Waals surface area contributed by atoms with Crippen LogP contribution in [0.3, 0.4) is 0 Å². The molecule has 0 saturated heterocycles. The Morgan fingerprint density at radius 1 is 1.33 bits per heavy atom. The number of nitrogens with one attached hydrogen (secondary N) is 2. The van der Waals surface area contributed by atoms with E-state index in [1.807, 2.05) is 12.1 Å². The molecule has 18 heavy (non-hydrogen) atoms. The van der Waals surface area contributed by atoms with Gasteiger partial charge in [-0.1, -0.05) is 18.2 Å². The fourth-order valence-electron chi connectivity index (χ4n) is 1.47. The first kappa shape index (κ1) is 14.5. The molecular formula is C13H20N2O3. The second-order valence-corrected chi connectivity index (χ2v) is 3.90. The van der Waals surface area contributed by atoms with E-state index in [1.165, 1.54) is 0 Å². The van der Waals surface area contributed by atoms with Crippen molar-refractivity contribution in [1.29, 1.82) is 0 Å². The van der Waals surface area contributed by atoms with E-state index in [-0.39, 0.29) is 11.7 Å². The van der Waals surface area contributed by atoms with Crippen LogP contribution in [0.15, 0.2) is 24.3 Å². The number of amides is 1. The van der Waals surface area contributed by atoms with Crippen LogP contribution in [0.1, 0.15) is 12.0 Å². The summed E-state index contributed by atoms with van der Waals surface area (Å²) in [7, 11) is 1.60. The third-order valence-electron chi connectivity index (χ3n) is 2.46. The molecule has 1 rings (SSSR count). The average Bonchev–Trinajstić information content (AvgIpc) is 2.37. The lowest BCUT2D eigenvalue weighted by Gasteiger charge is -2.07. The van der Waals surface area contributed by atoms with Gasteiger partial charge in [0.2, 0.25) is 5.91 Å². The van der Waals surface area contributed by atoms with Crippen molar-refractivity contribution in [2.45, 2.75) is 13.0 Å². The lowest BCUT2D eigenvalue weighted by Crippen LogP contribution is -2.29. The third-order valence-corrected chi connectivity index (χ3v) is 2.46. The Labute approximate surface area is 107 Å². The minimum Gasteiger partial charge on any atom is -0.508 e. The van der Waals surface area contributed by atoms with Gasteiger partial charge in [0, 0.05) is 38.7 Å². The summed E-state index contributed by atoms with van der Waals surface area (Å²) < 4.78 is 4.83. The van der Waals surface area contributed by atoms with Gasteiger partial charge < -0.3 is 20.5 Å². The third kappa shape index (κ3) is 5.65. The van der Waals surface area contributed by atoms with Crippen LogP contribution in [-0.4, -0.2) is 37.8 Å². The molecule has 0 unspecified atom stereocenters. The predicted molar refractivity (Wildman–Crippen MR) is 69.3 cm³/mol. The van der Waals surface area contributed by atoms with Crippen molar-refractivity contribution in [2.75, 3.05) is 26.8 Å². The van der Waals surface area contributed by atoms with E-state index in [0.717, 1.165) is 5.56 Å². The summed E-state index contributed by atoms with van der Waals surface area (Å²) in [5, 5.41) is 15.4. The zero-order valence-corrected chi connectivity index (χ0v) is 10.6. The van der Waals surface area contributed by atoms with E-state index in [2.05, 4.69) is 10.6 Å². The smallest absolute Gasteiger partial charge is 0.221 e. The summed E-state index contributed by atoms with van der Waals surface area (Å²) >= 11 is 0. The Morgan fingerprint density at radius 2 is 2.11 bits per heavy atom. The molecule has 100 valence electrons. The Hall–Kier alpha value is -1.59. The maximum atomic E-state index is 11.3. The normalized spacial score (nSPS) is 10.3. The molecule has 0 saturated carbocycles. The molecule has 1 aromatic rings. The van der Waals surface area contributed by atoms with Gasteiger partial charge in [-0.15, -0.1) is 0 Å². The molecule has 0 heterocycles. The van der Waals surface area contributed by atoms with Crippen molar-refractivity contribution < 1.29 is 14.6 Å². The van der Waals surface area contributed by atoms with Gasteiger partial charge in [-0.05, 0) is 6.07 Å². The number of hydrogen-bond acceptors (Lipinski definition) is 4. The highest BCUT2D eigenvalue weighted by atomic mass is 16.5. The predicted octanol–water partition coefficient (Wildman–Crippen LogP) is 0.635. The average molecular weight is 252 g/mol. The number of methoxy groups -OCH3 is 1. The van der Waals surface area contributed by atoms with Crippen LogP contribution < -0.4 is 10.6 Å². The highest BCUT2D eigenvalue weighted by molar-refractivity contribution is 5.76. The van der Waals surface area contributed by atoms with Crippen molar-refractivity contribution in [1.82, 2.24) is 10.6 Å². The van der Waals surface area contributed by atoms with Gasteiger partial charge in [-0.25, -0.2) is 0 Å². The van der Waals surface area contributed by atoms with Crippen LogP contribution in [0.25, 0.3) is 0 Å². The van der Waals surface area contributed by atoms with Gasteiger partial charge in [0.1, 0.15) is 5.75 Å². The monoisotopic (exact) mass is 252 g/mol. The summed E-state index contributed by atoms with van der Waals surface area (Å²) in [6.45, 7) is 2.19. The molecular weight excluding hydrogens is 232 g/mol. The molecule has 5 heteroatoms. The van der Waals surface area contributed by atoms with E-state index in [4.69, 9.17) is 4.74 Å². The van der Waals surface area contributed by atoms with Crippen LogP contribution in [-0.2, 0) is 16.1 Å². The van der Waals surface area contributed by atoms with Gasteiger partial charge in [-0.2, -0.15) is 0 Å². The highest BCUT2D eigenvalue weighted by Gasteiger charge is 2.01. The molecule has 0 bridgehead atoms. The summed E-state index contributed by atoms with van der Waals surface area (Å²) in [6.07, 6.45) is 0.414. The number of rotatable bonds is 8. The second-order valence-electron chi connectivity index (χ2n) is 3.90. The minimum absolute atomic E-state index is 0.00293. The Balaban J connectivity index is 2.12. The lowest BCUT2D eigenvalue weighted by molar-refractivity contribution is -0.121. The van der Waals surface area contributed by atoms with E-state index < -0.39 is 0 Å². The van der Waals surface area contributed by atoms with Crippen LogP contribution in [0.5, 0.6) is 5.75 Å². The maximum absolute atomic E-state index is 11.3. The summed E-state index contributed by atoms with van der Waals surface area (Å²) in [6, 6.07) is 7.14. The van der Waals surface area contributed by atoms with Crippen LogP contribution in [0.2, 0.25) is 0 Å². The molecule has 0 aromatic heterocycles. The van der Waals surface area contributed by atoms with Gasteiger partial charge >= 0.3 is 0 Å². The molecule has 0 atom stereocenters. The van der Waals surface area contributed by atoms with Crippen molar-refractivity contribution in [3.8, 4) is 5.75 Å². The van der Waals surface area contributed by atoms with Crippen molar-refractivity contribution in [3.63, 3.8) is 0 Å². The molecule has 0 aliphatic rings. The number of ether oxygens (including phenoxy) is 1. The van der Waals surface area contributed by atoms with Crippen molar-refractivity contribution in [3.05, 3.63) is 29.8 Å². The maximum Gasteiger partial charge on any atom is 0.221 e. The molecule has 3 N–H and O–H groups in total. The largest absolute Gasteiger partial charge is 0.508 e. The summed E-state index contributed by atoms with van der Waals surface area (Å²) in [5.74, 6) is 0.270. The minimum atomic E-state index is -0.00293. The molecule has 0 radical (unpaired) electrons. The standard InChI is InChI=1S/C13H20N2O3/c1-18-9-8-15-13(17)6-7-14-10-11-4-2-3-5-12(11)16/h2-5,14,16H,6-10H2,1H3,(H,15,17). The fraction of sp³-hybridized carbons (Fsp3) is 0.462. The highest BCUT2D eigenvalue weighted by Crippen LogP contribution is 2.14. The van der Waals surface area contributed by atoms with Gasteiger partial charge in [0.25, 0.3) is 0 Å². The molecule has 1 aromatic carbocycles. The first-order valence-corrected chi connectivity index (χ1v) is 5.97. The first-order chi connectivity index (χ1) is 8.74. The first-order valence-electron chi connectivity index (χ1n) is 5.97. The Morgan fingerprint density at radius 3 is 2.83 bits per heavy atom. The molecule has 5 nitrogen and oxygen atoms in total. The summed E-state index contributed by atoms with van der Waals surface area (Å²) in [5.41, 5.74) is 0.831. The lowest BCUT2D eigenvalue weighted by atomic mass is 10.2. The molecule has 0 aliphatic carbocycles. The zero-order valence-electron chi connectivity index (χ0n) is 10.6. The number of phenols is 1. The second kappa shape index (κ2) is 8.49. The van der Waals surface area contributed by atoms with E-state index in [0.29, 0.717) is 32.7 Å². The zero-order chi connectivity index (χ0) is 13.2. The van der Waals surface area contributed by atoms with Crippen LogP contribution in [0, 0.1) is 0 Å². The van der Waals surface area contributed by atoms with Gasteiger partial charge in [0.15, 0.2) is 0 Å².